The van der Waals surface area contributed by atoms with Crippen molar-refractivity contribution in [1.29, 1.82) is 0 Å². The number of rotatable bonds is 7. The number of likely N-dealkylation sites (N-methyl/N-ethyl adjacent to an activating group) is 1. The van der Waals surface area contributed by atoms with Crippen LogP contribution in [0.4, 0.5) is 0 Å². The van der Waals surface area contributed by atoms with Gasteiger partial charge in [-0.05, 0) is 37.2 Å². The summed E-state index contributed by atoms with van der Waals surface area (Å²) in [4.78, 5) is 2.30. The lowest BCUT2D eigenvalue weighted by atomic mass is 10.1. The van der Waals surface area contributed by atoms with Crippen LogP contribution in [0.1, 0.15) is 30.2 Å². The van der Waals surface area contributed by atoms with Crippen LogP contribution in [0.25, 0.3) is 0 Å². The molecule has 0 heterocycles. The lowest BCUT2D eigenvalue weighted by Crippen LogP contribution is -2.28. The fourth-order valence-corrected chi connectivity index (χ4v) is 3.11. The predicted octanol–water partition coefficient (Wildman–Crippen LogP) is 2.71. The molecule has 0 aromatic heterocycles. The number of ether oxygens (including phenoxy) is 1. The van der Waals surface area contributed by atoms with Gasteiger partial charge in [0.2, 0.25) is 10.0 Å². The van der Waals surface area contributed by atoms with Gasteiger partial charge in [0.15, 0.2) is 0 Å². The highest BCUT2D eigenvalue weighted by molar-refractivity contribution is 7.89. The quantitative estimate of drug-likeness (QED) is 0.835. The van der Waals surface area contributed by atoms with Crippen molar-refractivity contribution in [3.63, 3.8) is 0 Å². The average Bonchev–Trinajstić information content (AvgIpc) is 2.59. The van der Waals surface area contributed by atoms with Gasteiger partial charge in [-0.1, -0.05) is 42.5 Å². The van der Waals surface area contributed by atoms with Gasteiger partial charge < -0.3 is 4.74 Å². The Balaban J connectivity index is 2.10. The zero-order valence-electron chi connectivity index (χ0n) is 14.2. The van der Waals surface area contributed by atoms with E-state index in [1.54, 1.807) is 31.4 Å². The van der Waals surface area contributed by atoms with Crippen LogP contribution < -0.4 is 5.14 Å². The maximum atomic E-state index is 11.3. The summed E-state index contributed by atoms with van der Waals surface area (Å²) in [5.74, 6) is 0. The molecule has 0 aliphatic carbocycles. The molecular weight excluding hydrogens is 324 g/mol. The van der Waals surface area contributed by atoms with E-state index in [0.717, 1.165) is 17.7 Å². The smallest absolute Gasteiger partial charge is 0.238 e. The molecule has 0 spiro atoms. The summed E-state index contributed by atoms with van der Waals surface area (Å²) < 4.78 is 28.3. The third kappa shape index (κ3) is 4.64. The molecule has 5 nitrogen and oxygen atoms in total. The van der Waals surface area contributed by atoms with Crippen LogP contribution >= 0.6 is 0 Å². The molecule has 0 saturated heterocycles. The molecule has 2 unspecified atom stereocenters. The minimum atomic E-state index is -3.66. The number of hydrogen-bond acceptors (Lipinski definition) is 4. The largest absolute Gasteiger partial charge is 0.375 e. The molecular formula is C18H24N2O3S. The summed E-state index contributed by atoms with van der Waals surface area (Å²) in [6, 6.07) is 16.9. The predicted molar refractivity (Wildman–Crippen MR) is 95.1 cm³/mol. The van der Waals surface area contributed by atoms with E-state index in [4.69, 9.17) is 9.88 Å². The summed E-state index contributed by atoms with van der Waals surface area (Å²) in [6.07, 6.45) is -0.0256. The second-order valence-electron chi connectivity index (χ2n) is 5.86. The Bertz CT molecular complexity index is 746. The minimum Gasteiger partial charge on any atom is -0.375 e. The van der Waals surface area contributed by atoms with Crippen LogP contribution in [-0.2, 0) is 14.8 Å². The van der Waals surface area contributed by atoms with E-state index in [1.807, 2.05) is 37.4 Å². The fourth-order valence-electron chi connectivity index (χ4n) is 2.59. The molecule has 2 rings (SSSR count). The molecule has 2 aromatic rings. The number of benzene rings is 2. The van der Waals surface area contributed by atoms with Crippen LogP contribution in [-0.4, -0.2) is 34.0 Å². The molecule has 0 aliphatic heterocycles. The van der Waals surface area contributed by atoms with Crippen molar-refractivity contribution in [2.45, 2.75) is 24.0 Å². The highest BCUT2D eigenvalue weighted by Crippen LogP contribution is 2.24. The molecule has 0 saturated carbocycles. The van der Waals surface area contributed by atoms with Crippen molar-refractivity contribution in [2.75, 3.05) is 20.7 Å². The standard InChI is InChI=1S/C18H24N2O3S/c1-14(15-9-11-17(12-10-15)24(19,21)22)20(2)13-18(23-3)16-7-5-4-6-8-16/h4-12,14,18H,13H2,1-3H3,(H2,19,21,22). The second-order valence-corrected chi connectivity index (χ2v) is 7.43. The van der Waals surface area contributed by atoms with Crippen molar-refractivity contribution in [2.24, 2.45) is 5.14 Å². The lowest BCUT2D eigenvalue weighted by molar-refractivity contribution is 0.0606. The highest BCUT2D eigenvalue weighted by atomic mass is 32.2. The molecule has 2 N–H and O–H groups in total. The first-order valence-corrected chi connectivity index (χ1v) is 9.28. The van der Waals surface area contributed by atoms with Gasteiger partial charge in [-0.3, -0.25) is 4.90 Å². The van der Waals surface area contributed by atoms with E-state index in [1.165, 1.54) is 0 Å². The Morgan fingerprint density at radius 3 is 2.12 bits per heavy atom. The van der Waals surface area contributed by atoms with E-state index >= 15 is 0 Å². The van der Waals surface area contributed by atoms with Crippen LogP contribution in [0.5, 0.6) is 0 Å². The third-order valence-electron chi connectivity index (χ3n) is 4.26. The van der Waals surface area contributed by atoms with Gasteiger partial charge in [0.1, 0.15) is 0 Å². The van der Waals surface area contributed by atoms with Crippen molar-refractivity contribution in [1.82, 2.24) is 4.90 Å². The summed E-state index contributed by atoms with van der Waals surface area (Å²) in [5.41, 5.74) is 2.15. The third-order valence-corrected chi connectivity index (χ3v) is 5.19. The Kier molecular flexibility index (Phi) is 6.12. The lowest BCUT2D eigenvalue weighted by Gasteiger charge is -2.29. The van der Waals surface area contributed by atoms with Crippen LogP contribution in [0.3, 0.4) is 0 Å². The van der Waals surface area contributed by atoms with Gasteiger partial charge in [0.25, 0.3) is 0 Å². The summed E-state index contributed by atoms with van der Waals surface area (Å²) in [7, 11) is 0.0684. The van der Waals surface area contributed by atoms with Crippen LogP contribution in [0, 0.1) is 0 Å². The molecule has 0 fully saturated rings. The van der Waals surface area contributed by atoms with Gasteiger partial charge in [-0.15, -0.1) is 0 Å². The molecule has 6 heteroatoms. The van der Waals surface area contributed by atoms with Crippen LogP contribution in [0.2, 0.25) is 0 Å². The maximum absolute atomic E-state index is 11.3. The monoisotopic (exact) mass is 348 g/mol. The van der Waals surface area contributed by atoms with Crippen molar-refractivity contribution in [3.8, 4) is 0 Å². The zero-order valence-corrected chi connectivity index (χ0v) is 15.0. The first-order chi connectivity index (χ1) is 11.3. The van der Waals surface area contributed by atoms with E-state index in [2.05, 4.69) is 11.8 Å². The normalized spacial score (nSPS) is 14.5. The molecule has 0 radical (unpaired) electrons. The van der Waals surface area contributed by atoms with E-state index in [-0.39, 0.29) is 17.0 Å². The van der Waals surface area contributed by atoms with Crippen molar-refractivity contribution in [3.05, 3.63) is 65.7 Å². The number of hydrogen-bond donors (Lipinski definition) is 1. The summed E-state index contributed by atoms with van der Waals surface area (Å²) >= 11 is 0. The van der Waals surface area contributed by atoms with Crippen molar-refractivity contribution >= 4 is 10.0 Å². The maximum Gasteiger partial charge on any atom is 0.238 e. The molecule has 130 valence electrons. The zero-order chi connectivity index (χ0) is 17.7. The Morgan fingerprint density at radius 1 is 1.04 bits per heavy atom. The summed E-state index contributed by atoms with van der Waals surface area (Å²) in [6.45, 7) is 2.79. The minimum absolute atomic E-state index is 0.0256. The Morgan fingerprint density at radius 2 is 1.62 bits per heavy atom. The highest BCUT2D eigenvalue weighted by Gasteiger charge is 2.18. The topological polar surface area (TPSA) is 72.6 Å². The molecule has 0 bridgehead atoms. The van der Waals surface area contributed by atoms with E-state index in [9.17, 15) is 8.42 Å². The van der Waals surface area contributed by atoms with Gasteiger partial charge in [0, 0.05) is 19.7 Å². The summed E-state index contributed by atoms with van der Waals surface area (Å²) in [5, 5.41) is 5.14. The molecule has 0 amide bonds. The Hall–Kier alpha value is -1.73. The van der Waals surface area contributed by atoms with Gasteiger partial charge in [-0.2, -0.15) is 0 Å². The van der Waals surface area contributed by atoms with Crippen molar-refractivity contribution < 1.29 is 13.2 Å². The van der Waals surface area contributed by atoms with E-state index in [0.29, 0.717) is 0 Å². The van der Waals surface area contributed by atoms with Crippen LogP contribution in [0.15, 0.2) is 59.5 Å². The van der Waals surface area contributed by atoms with E-state index < -0.39 is 10.0 Å². The van der Waals surface area contributed by atoms with Gasteiger partial charge in [0.05, 0.1) is 11.0 Å². The first-order valence-electron chi connectivity index (χ1n) is 7.73. The Labute approximate surface area is 144 Å². The van der Waals surface area contributed by atoms with Gasteiger partial charge in [-0.25, -0.2) is 13.6 Å². The molecule has 0 aliphatic rings. The fraction of sp³-hybridized carbons (Fsp3) is 0.333. The molecule has 2 aromatic carbocycles. The number of nitrogens with zero attached hydrogens (tertiary/aromatic N) is 1. The van der Waals surface area contributed by atoms with Gasteiger partial charge >= 0.3 is 0 Å². The number of methoxy groups -OCH3 is 1. The number of nitrogens with two attached hydrogens (primary N) is 1. The molecule has 2 atom stereocenters. The second kappa shape index (κ2) is 7.90. The number of primary sulfonamides is 1. The first kappa shape index (κ1) is 18.6. The molecule has 24 heavy (non-hydrogen) atoms. The SMILES string of the molecule is COC(CN(C)C(C)c1ccc(S(N)(=O)=O)cc1)c1ccccc1. The number of sulfonamides is 1. The average molecular weight is 348 g/mol.